The lowest BCUT2D eigenvalue weighted by molar-refractivity contribution is 0.101. The molecular weight excluding hydrogens is 356 g/mol. The Hall–Kier alpha value is -3.80. The summed E-state index contributed by atoms with van der Waals surface area (Å²) in [7, 11) is 0. The number of amides is 1. The molecule has 1 amide bonds. The predicted molar refractivity (Wildman–Crippen MR) is 92.5 cm³/mol. The van der Waals surface area contributed by atoms with Crippen LogP contribution in [-0.4, -0.2) is 16.9 Å². The van der Waals surface area contributed by atoms with E-state index in [-0.39, 0.29) is 22.8 Å². The number of pyridine rings is 1. The number of nitrogens with zero attached hydrogens (tertiary/aromatic N) is 3. The topological polar surface area (TPSA) is 113 Å². The van der Waals surface area contributed by atoms with Crippen LogP contribution in [0.3, 0.4) is 0 Å². The monoisotopic (exact) mass is 369 g/mol. The molecule has 0 spiro atoms. The molecule has 0 aliphatic carbocycles. The van der Waals surface area contributed by atoms with Gasteiger partial charge in [0.25, 0.3) is 11.9 Å². The zero-order chi connectivity index (χ0) is 19.6. The van der Waals surface area contributed by atoms with Gasteiger partial charge in [-0.3, -0.25) is 4.79 Å². The second-order valence-corrected chi connectivity index (χ2v) is 5.83. The molecule has 2 heterocycles. The molecule has 0 unspecified atom stereocenters. The Balaban J connectivity index is 1.91. The number of benzene rings is 1. The number of hydrogen-bond acceptors (Lipinski definition) is 6. The van der Waals surface area contributed by atoms with E-state index in [0.29, 0.717) is 0 Å². The van der Waals surface area contributed by atoms with Gasteiger partial charge >= 0.3 is 0 Å². The van der Waals surface area contributed by atoms with E-state index >= 15 is 0 Å². The van der Waals surface area contributed by atoms with Gasteiger partial charge in [-0.15, -0.1) is 0 Å². The van der Waals surface area contributed by atoms with Gasteiger partial charge in [-0.2, -0.15) is 5.26 Å². The van der Waals surface area contributed by atoms with Crippen molar-refractivity contribution in [1.82, 2.24) is 4.98 Å². The summed E-state index contributed by atoms with van der Waals surface area (Å²) < 4.78 is 33.2. The van der Waals surface area contributed by atoms with Gasteiger partial charge < -0.3 is 15.8 Å². The van der Waals surface area contributed by atoms with E-state index in [2.05, 4.69) is 15.3 Å². The molecule has 3 rings (SSSR count). The molecule has 1 aliphatic rings. The number of aromatic nitrogens is 1. The van der Waals surface area contributed by atoms with Crippen molar-refractivity contribution in [1.29, 1.82) is 5.26 Å². The molecule has 1 aromatic heterocycles. The van der Waals surface area contributed by atoms with E-state index < -0.39 is 28.8 Å². The fourth-order valence-electron chi connectivity index (χ4n) is 2.53. The number of nitriles is 1. The molecule has 27 heavy (non-hydrogen) atoms. The van der Waals surface area contributed by atoms with Gasteiger partial charge in [0.2, 0.25) is 0 Å². The minimum absolute atomic E-state index is 0.0113. The van der Waals surface area contributed by atoms with Crippen molar-refractivity contribution in [3.8, 4) is 6.07 Å². The molecule has 1 aliphatic heterocycles. The Bertz CT molecular complexity index is 1030. The molecule has 0 radical (unpaired) electrons. The summed E-state index contributed by atoms with van der Waals surface area (Å²) in [6.07, 6.45) is 3.89. The summed E-state index contributed by atoms with van der Waals surface area (Å²) >= 11 is 0. The Kier molecular flexibility index (Phi) is 4.56. The average Bonchev–Trinajstić information content (AvgIpc) is 2.62. The number of anilines is 1. The van der Waals surface area contributed by atoms with Crippen molar-refractivity contribution in [2.45, 2.75) is 12.5 Å². The maximum absolute atomic E-state index is 14.3. The largest absolute Gasteiger partial charge is 0.434 e. The van der Waals surface area contributed by atoms with Crippen LogP contribution >= 0.6 is 0 Å². The summed E-state index contributed by atoms with van der Waals surface area (Å²) in [6.45, 7) is 1.62. The highest BCUT2D eigenvalue weighted by Gasteiger charge is 2.30. The average molecular weight is 369 g/mol. The minimum Gasteiger partial charge on any atom is -0.434 e. The summed E-state index contributed by atoms with van der Waals surface area (Å²) in [5.74, 6) is -2.35. The summed E-state index contributed by atoms with van der Waals surface area (Å²) in [6, 6.07) is 6.33. The number of hydrogen-bond donors (Lipinski definition) is 2. The van der Waals surface area contributed by atoms with Gasteiger partial charge in [-0.1, -0.05) is 0 Å². The van der Waals surface area contributed by atoms with Crippen LogP contribution in [-0.2, 0) is 10.3 Å². The first-order valence-electron chi connectivity index (χ1n) is 7.69. The first kappa shape index (κ1) is 18.0. The molecule has 7 nitrogen and oxygen atoms in total. The van der Waals surface area contributed by atoms with Crippen LogP contribution in [0.25, 0.3) is 0 Å². The number of nitrogens with one attached hydrogen (secondary N) is 1. The number of carbonyl (C=O) groups excluding carboxylic acids is 1. The predicted octanol–water partition coefficient (Wildman–Crippen LogP) is 2.56. The van der Waals surface area contributed by atoms with Crippen LogP contribution in [0.1, 0.15) is 28.5 Å². The lowest BCUT2D eigenvalue weighted by Gasteiger charge is -2.25. The fraction of sp³-hybridized carbons (Fsp3) is 0.111. The molecular formula is C18H13F2N5O2. The van der Waals surface area contributed by atoms with Crippen LogP contribution in [0.4, 0.5) is 14.5 Å². The number of aliphatic imine (C=N–C) groups is 1. The number of amidine groups is 1. The van der Waals surface area contributed by atoms with Crippen molar-refractivity contribution in [2.24, 2.45) is 10.7 Å². The molecule has 0 bridgehead atoms. The maximum Gasteiger partial charge on any atom is 0.288 e. The number of nitrogens with two attached hydrogens (primary N) is 1. The van der Waals surface area contributed by atoms with E-state index in [1.165, 1.54) is 24.5 Å². The molecule has 1 aromatic carbocycles. The summed E-state index contributed by atoms with van der Waals surface area (Å²) in [5, 5.41) is 11.2. The number of carbonyl (C=O) groups is 1. The second kappa shape index (κ2) is 6.84. The third-order valence-electron chi connectivity index (χ3n) is 3.88. The summed E-state index contributed by atoms with van der Waals surface area (Å²) in [4.78, 5) is 20.0. The zero-order valence-corrected chi connectivity index (χ0v) is 14.0. The molecule has 3 N–H and O–H groups in total. The molecule has 2 aromatic rings. The fourth-order valence-corrected chi connectivity index (χ4v) is 2.53. The number of rotatable bonds is 3. The van der Waals surface area contributed by atoms with Crippen LogP contribution in [0.2, 0.25) is 0 Å². The number of halogens is 2. The summed E-state index contributed by atoms with van der Waals surface area (Å²) in [5.41, 5.74) is 4.25. The molecule has 136 valence electrons. The second-order valence-electron chi connectivity index (χ2n) is 5.83. The van der Waals surface area contributed by atoms with Crippen molar-refractivity contribution >= 4 is 17.6 Å². The van der Waals surface area contributed by atoms with E-state index in [1.807, 2.05) is 0 Å². The van der Waals surface area contributed by atoms with Gasteiger partial charge in [0, 0.05) is 17.4 Å². The standard InChI is InChI=1S/C18H13F2N5O2/c1-18(4-5-27-17(22)25-18)12-7-11(2-3-13(12)19)24-16(26)15-14(20)6-10(8-21)9-23-15/h2-7,9H,1H3,(H2,22,25)(H,24,26)/t18-/m0/s1. The maximum atomic E-state index is 14.3. The molecule has 0 saturated heterocycles. The Morgan fingerprint density at radius 1 is 1.33 bits per heavy atom. The first-order chi connectivity index (χ1) is 12.8. The normalized spacial score (nSPS) is 18.2. The lowest BCUT2D eigenvalue weighted by atomic mass is 9.91. The van der Waals surface area contributed by atoms with Gasteiger partial charge in [-0.05, 0) is 37.3 Å². The SMILES string of the molecule is C[C@@]1(c2cc(NC(=O)c3ncc(C#N)cc3F)ccc2F)C=COC(N)=N1. The number of ether oxygens (including phenoxy) is 1. The lowest BCUT2D eigenvalue weighted by Crippen LogP contribution is -2.28. The van der Waals surface area contributed by atoms with E-state index in [9.17, 15) is 13.6 Å². The van der Waals surface area contributed by atoms with Crippen molar-refractivity contribution in [3.05, 3.63) is 71.3 Å². The minimum atomic E-state index is -1.13. The Labute approximate surface area is 152 Å². The highest BCUT2D eigenvalue weighted by Crippen LogP contribution is 2.33. The molecule has 0 saturated carbocycles. The highest BCUT2D eigenvalue weighted by molar-refractivity contribution is 6.03. The first-order valence-corrected chi connectivity index (χ1v) is 7.69. The van der Waals surface area contributed by atoms with Crippen LogP contribution < -0.4 is 11.1 Å². The highest BCUT2D eigenvalue weighted by atomic mass is 19.1. The van der Waals surface area contributed by atoms with Gasteiger partial charge in [0.05, 0.1) is 11.8 Å². The Morgan fingerprint density at radius 3 is 2.78 bits per heavy atom. The van der Waals surface area contributed by atoms with E-state index in [1.54, 1.807) is 13.0 Å². The molecule has 1 atom stereocenters. The van der Waals surface area contributed by atoms with Gasteiger partial charge in [0.15, 0.2) is 11.5 Å². The third-order valence-corrected chi connectivity index (χ3v) is 3.88. The van der Waals surface area contributed by atoms with Crippen LogP contribution in [0.15, 0.2) is 47.8 Å². The van der Waals surface area contributed by atoms with Crippen molar-refractivity contribution in [2.75, 3.05) is 5.32 Å². The van der Waals surface area contributed by atoms with Crippen molar-refractivity contribution < 1.29 is 18.3 Å². The third kappa shape index (κ3) is 3.59. The quantitative estimate of drug-likeness (QED) is 0.863. The molecule has 9 heteroatoms. The van der Waals surface area contributed by atoms with Crippen LogP contribution in [0, 0.1) is 23.0 Å². The van der Waals surface area contributed by atoms with Crippen LogP contribution in [0.5, 0.6) is 0 Å². The van der Waals surface area contributed by atoms with Crippen molar-refractivity contribution in [3.63, 3.8) is 0 Å². The smallest absolute Gasteiger partial charge is 0.288 e. The zero-order valence-electron chi connectivity index (χ0n) is 14.0. The van der Waals surface area contributed by atoms with E-state index in [4.69, 9.17) is 15.7 Å². The van der Waals surface area contributed by atoms with Gasteiger partial charge in [-0.25, -0.2) is 18.8 Å². The van der Waals surface area contributed by atoms with Gasteiger partial charge in [0.1, 0.15) is 17.4 Å². The Morgan fingerprint density at radius 2 is 2.11 bits per heavy atom. The van der Waals surface area contributed by atoms with E-state index in [0.717, 1.165) is 18.3 Å². The molecule has 0 fully saturated rings.